The maximum absolute atomic E-state index is 12.3. The number of carbonyl (C=O) groups excluding carboxylic acids is 2. The Kier molecular flexibility index (Phi) is 2.71. The molecule has 1 heterocycles. The first-order chi connectivity index (χ1) is 9.47. The van der Waals surface area contributed by atoms with Gasteiger partial charge in [-0.15, -0.1) is 0 Å². The number of methoxy groups -OCH3 is 1. The summed E-state index contributed by atoms with van der Waals surface area (Å²) >= 11 is 0. The van der Waals surface area contributed by atoms with Gasteiger partial charge in [0.2, 0.25) is 11.6 Å². The zero-order valence-electron chi connectivity index (χ0n) is 12.0. The molecular weight excluding hydrogens is 256 g/mol. The minimum absolute atomic E-state index is 0.122. The van der Waals surface area contributed by atoms with Crippen LogP contribution in [0.25, 0.3) is 5.76 Å². The summed E-state index contributed by atoms with van der Waals surface area (Å²) in [4.78, 5) is 24.4. The summed E-state index contributed by atoms with van der Waals surface area (Å²) in [6.45, 7) is 5.98. The summed E-state index contributed by atoms with van der Waals surface area (Å²) in [6, 6.07) is 1.83. The van der Waals surface area contributed by atoms with Gasteiger partial charge in [-0.2, -0.15) is 0 Å². The van der Waals surface area contributed by atoms with Crippen LogP contribution >= 0.6 is 0 Å². The predicted octanol–water partition coefficient (Wildman–Crippen LogP) is 2.63. The second kappa shape index (κ2) is 4.20. The van der Waals surface area contributed by atoms with Gasteiger partial charge >= 0.3 is 0 Å². The third-order valence-corrected chi connectivity index (χ3v) is 4.06. The molecule has 0 unspecified atom stereocenters. The van der Waals surface area contributed by atoms with Gasteiger partial charge in [-0.3, -0.25) is 9.59 Å². The van der Waals surface area contributed by atoms with E-state index in [0.29, 0.717) is 23.5 Å². The minimum Gasteiger partial charge on any atom is -0.496 e. The molecule has 0 amide bonds. The van der Waals surface area contributed by atoms with Gasteiger partial charge < -0.3 is 9.47 Å². The van der Waals surface area contributed by atoms with Gasteiger partial charge in [0.1, 0.15) is 11.5 Å². The highest BCUT2D eigenvalue weighted by Crippen LogP contribution is 2.45. The fourth-order valence-corrected chi connectivity index (χ4v) is 3.03. The molecule has 1 atom stereocenters. The summed E-state index contributed by atoms with van der Waals surface area (Å²) in [5.41, 5.74) is 3.33. The van der Waals surface area contributed by atoms with E-state index in [1.54, 1.807) is 14.0 Å². The minimum atomic E-state index is -0.471. The third-order valence-electron chi connectivity index (χ3n) is 4.06. The van der Waals surface area contributed by atoms with E-state index in [-0.39, 0.29) is 5.92 Å². The van der Waals surface area contributed by atoms with Gasteiger partial charge in [-0.1, -0.05) is 6.92 Å². The maximum atomic E-state index is 12.3. The number of Topliss-reactive ketones (excluding diaryl/α,β-unsaturated/α-hetero) is 2. The highest BCUT2D eigenvalue weighted by molar-refractivity contribution is 6.52. The smallest absolute Gasteiger partial charge is 0.234 e. The summed E-state index contributed by atoms with van der Waals surface area (Å²) < 4.78 is 11.2. The van der Waals surface area contributed by atoms with E-state index in [1.165, 1.54) is 0 Å². The Hall–Kier alpha value is -2.10. The molecule has 0 bridgehead atoms. The van der Waals surface area contributed by atoms with E-state index >= 15 is 0 Å². The number of ketones is 2. The number of carbonyl (C=O) groups is 2. The van der Waals surface area contributed by atoms with Crippen molar-refractivity contribution in [3.63, 3.8) is 0 Å². The van der Waals surface area contributed by atoms with E-state index in [9.17, 15) is 9.59 Å². The maximum Gasteiger partial charge on any atom is 0.234 e. The fourth-order valence-electron chi connectivity index (χ4n) is 3.03. The molecule has 0 N–H and O–H groups in total. The van der Waals surface area contributed by atoms with E-state index in [4.69, 9.17) is 9.47 Å². The highest BCUT2D eigenvalue weighted by atomic mass is 16.5. The molecule has 0 radical (unpaired) electrons. The molecule has 0 saturated carbocycles. The Morgan fingerprint density at radius 1 is 1.20 bits per heavy atom. The zero-order valence-corrected chi connectivity index (χ0v) is 12.0. The lowest BCUT2D eigenvalue weighted by molar-refractivity contribution is -0.112. The number of allylic oxidation sites excluding steroid dienone is 1. The molecule has 0 aromatic heterocycles. The van der Waals surface area contributed by atoms with Crippen LogP contribution < -0.4 is 4.74 Å². The van der Waals surface area contributed by atoms with Crippen molar-refractivity contribution >= 4 is 17.3 Å². The molecule has 0 fully saturated rings. The van der Waals surface area contributed by atoms with Crippen LogP contribution in [0, 0.1) is 6.92 Å². The lowest BCUT2D eigenvalue weighted by atomic mass is 9.79. The first-order valence-corrected chi connectivity index (χ1v) is 6.62. The van der Waals surface area contributed by atoms with Gasteiger partial charge in [-0.05, 0) is 25.5 Å². The molecule has 1 aromatic rings. The summed E-state index contributed by atoms with van der Waals surface area (Å²) in [6.07, 6.45) is 0. The topological polar surface area (TPSA) is 52.6 Å². The van der Waals surface area contributed by atoms with Gasteiger partial charge in [-0.25, -0.2) is 0 Å². The van der Waals surface area contributed by atoms with Crippen molar-refractivity contribution in [1.29, 1.82) is 0 Å². The van der Waals surface area contributed by atoms with Gasteiger partial charge in [0.05, 0.1) is 13.7 Å². The molecule has 20 heavy (non-hydrogen) atoms. The van der Waals surface area contributed by atoms with E-state index in [2.05, 4.69) is 0 Å². The van der Waals surface area contributed by atoms with Gasteiger partial charge in [0.15, 0.2) is 0 Å². The van der Waals surface area contributed by atoms with Crippen molar-refractivity contribution < 1.29 is 19.1 Å². The Balaban J connectivity index is 2.47. The number of benzene rings is 1. The molecule has 4 heteroatoms. The average Bonchev–Trinajstić information content (AvgIpc) is 2.43. The molecule has 104 valence electrons. The summed E-state index contributed by atoms with van der Waals surface area (Å²) in [5.74, 6) is 0.502. The average molecular weight is 272 g/mol. The second-order valence-corrected chi connectivity index (χ2v) is 5.38. The lowest BCUT2D eigenvalue weighted by Gasteiger charge is -2.32. The van der Waals surface area contributed by atoms with E-state index in [1.807, 2.05) is 19.9 Å². The first-order valence-electron chi connectivity index (χ1n) is 6.62. The third kappa shape index (κ3) is 1.48. The molecule has 2 aliphatic rings. The Bertz CT molecular complexity index is 682. The Morgan fingerprint density at radius 3 is 2.55 bits per heavy atom. The SMILES string of the molecule is COc1cc(C)c2c3c1[C@@H](C)COC3=C(C)C(=O)C2=O. The van der Waals surface area contributed by atoms with Crippen molar-refractivity contribution in [3.05, 3.63) is 33.9 Å². The number of hydrogen-bond donors (Lipinski definition) is 0. The van der Waals surface area contributed by atoms with E-state index < -0.39 is 11.6 Å². The molecular formula is C16H16O4. The van der Waals surface area contributed by atoms with Crippen LogP contribution in [0.4, 0.5) is 0 Å². The van der Waals surface area contributed by atoms with Crippen LogP contribution in [-0.4, -0.2) is 25.3 Å². The van der Waals surface area contributed by atoms with Gasteiger partial charge in [0.25, 0.3) is 0 Å². The number of ether oxygens (including phenoxy) is 2. The molecule has 4 nitrogen and oxygen atoms in total. The molecule has 1 aliphatic heterocycles. The van der Waals surface area contributed by atoms with Crippen LogP contribution in [0.15, 0.2) is 11.6 Å². The molecule has 1 aliphatic carbocycles. The quantitative estimate of drug-likeness (QED) is 0.737. The lowest BCUT2D eigenvalue weighted by Crippen LogP contribution is -2.29. The Morgan fingerprint density at radius 2 is 1.90 bits per heavy atom. The fraction of sp³-hybridized carbons (Fsp3) is 0.375. The predicted molar refractivity (Wildman–Crippen MR) is 74.0 cm³/mol. The number of hydrogen-bond acceptors (Lipinski definition) is 4. The first kappa shape index (κ1) is 12.9. The summed E-state index contributed by atoms with van der Waals surface area (Å²) in [5, 5.41) is 0. The van der Waals surface area contributed by atoms with Crippen LogP contribution in [0.2, 0.25) is 0 Å². The monoisotopic (exact) mass is 272 g/mol. The van der Waals surface area contributed by atoms with Gasteiger partial charge in [0, 0.05) is 28.2 Å². The van der Waals surface area contributed by atoms with Crippen molar-refractivity contribution in [2.75, 3.05) is 13.7 Å². The van der Waals surface area contributed by atoms with Crippen molar-refractivity contribution in [3.8, 4) is 5.75 Å². The van der Waals surface area contributed by atoms with E-state index in [0.717, 1.165) is 22.4 Å². The number of rotatable bonds is 1. The number of aryl methyl sites for hydroxylation is 1. The van der Waals surface area contributed by atoms with Crippen molar-refractivity contribution in [1.82, 2.24) is 0 Å². The normalized spacial score (nSPS) is 20.7. The molecule has 0 spiro atoms. The second-order valence-electron chi connectivity index (χ2n) is 5.38. The zero-order chi connectivity index (χ0) is 14.6. The van der Waals surface area contributed by atoms with Crippen LogP contribution in [-0.2, 0) is 9.53 Å². The van der Waals surface area contributed by atoms with Crippen molar-refractivity contribution in [2.24, 2.45) is 0 Å². The van der Waals surface area contributed by atoms with Crippen LogP contribution in [0.1, 0.15) is 46.8 Å². The van der Waals surface area contributed by atoms with Crippen LogP contribution in [0.5, 0.6) is 5.75 Å². The van der Waals surface area contributed by atoms with Crippen LogP contribution in [0.3, 0.4) is 0 Å². The summed E-state index contributed by atoms with van der Waals surface area (Å²) in [7, 11) is 1.62. The Labute approximate surface area is 117 Å². The molecule has 1 aromatic carbocycles. The largest absolute Gasteiger partial charge is 0.496 e. The highest BCUT2D eigenvalue weighted by Gasteiger charge is 2.39. The molecule has 0 saturated heterocycles. The van der Waals surface area contributed by atoms with Crippen molar-refractivity contribution in [2.45, 2.75) is 26.7 Å². The molecule has 3 rings (SSSR count). The standard InChI is InChI=1S/C16H16O4/c1-7-5-10(19-4)11-8(2)6-20-16-9(3)14(17)15(18)12(7)13(11)16/h5,8H,6H2,1-4H3/t8-/m0/s1.